The summed E-state index contributed by atoms with van der Waals surface area (Å²) in [7, 11) is 8.26. The highest BCUT2D eigenvalue weighted by Crippen LogP contribution is 2.33. The van der Waals surface area contributed by atoms with Crippen LogP contribution >= 0.6 is 0 Å². The van der Waals surface area contributed by atoms with Gasteiger partial charge in [0.2, 0.25) is 0 Å². The molecule has 0 heterocycles. The van der Waals surface area contributed by atoms with E-state index in [9.17, 15) is 0 Å². The first-order valence-electron chi connectivity index (χ1n) is 13.7. The Kier molecular flexibility index (Phi) is 6.84. The van der Waals surface area contributed by atoms with Gasteiger partial charge in [0.1, 0.15) is 0 Å². The van der Waals surface area contributed by atoms with E-state index in [4.69, 9.17) is 0 Å². The molecule has 0 radical (unpaired) electrons. The lowest BCUT2D eigenvalue weighted by Crippen LogP contribution is -2.07. The molecule has 2 nitrogen and oxygen atoms in total. The van der Waals surface area contributed by atoms with E-state index in [1.165, 1.54) is 65.9 Å². The molecule has 0 unspecified atom stereocenters. The van der Waals surface area contributed by atoms with Gasteiger partial charge < -0.3 is 9.80 Å². The van der Waals surface area contributed by atoms with Crippen LogP contribution in [0, 0.1) is 0 Å². The zero-order valence-electron chi connectivity index (χ0n) is 23.6. The molecule has 0 bridgehead atoms. The molecule has 0 aromatic heterocycles. The van der Waals surface area contributed by atoms with Crippen molar-refractivity contribution in [2.24, 2.45) is 0 Å². The monoisotopic (exact) mass is 518 g/mol. The van der Waals surface area contributed by atoms with E-state index >= 15 is 0 Å². The second-order valence-electron chi connectivity index (χ2n) is 10.8. The summed E-state index contributed by atoms with van der Waals surface area (Å²) >= 11 is 0. The van der Waals surface area contributed by atoms with Crippen molar-refractivity contribution in [3.05, 3.63) is 131 Å². The largest absolute Gasteiger partial charge is 0.378 e. The fourth-order valence-electron chi connectivity index (χ4n) is 5.28. The van der Waals surface area contributed by atoms with E-state index in [-0.39, 0.29) is 0 Å². The number of nitrogens with zero attached hydrogens (tertiary/aromatic N) is 2. The van der Waals surface area contributed by atoms with Crippen LogP contribution in [0.15, 0.2) is 109 Å². The first-order valence-corrected chi connectivity index (χ1v) is 13.7. The Morgan fingerprint density at radius 3 is 1.05 bits per heavy atom. The predicted octanol–water partition coefficient (Wildman–Crippen LogP) is 9.62. The minimum absolute atomic E-state index is 1.20. The van der Waals surface area contributed by atoms with Crippen molar-refractivity contribution in [1.82, 2.24) is 0 Å². The Morgan fingerprint density at radius 2 is 0.675 bits per heavy atom. The Labute approximate surface area is 237 Å². The number of anilines is 2. The molecule has 6 aromatic carbocycles. The maximum Gasteiger partial charge on any atom is 0.0361 e. The van der Waals surface area contributed by atoms with Crippen LogP contribution in [0.3, 0.4) is 0 Å². The Hall–Kier alpha value is -4.82. The molecular formula is C38H34N2. The van der Waals surface area contributed by atoms with Gasteiger partial charge in [0.15, 0.2) is 0 Å². The van der Waals surface area contributed by atoms with E-state index in [1.54, 1.807) is 0 Å². The van der Waals surface area contributed by atoms with Crippen LogP contribution in [-0.2, 0) is 0 Å². The van der Waals surface area contributed by atoms with E-state index < -0.39 is 0 Å². The molecule has 0 saturated carbocycles. The highest BCUT2D eigenvalue weighted by molar-refractivity contribution is 6.17. The Balaban J connectivity index is 1.27. The van der Waals surface area contributed by atoms with Gasteiger partial charge in [0.05, 0.1) is 0 Å². The number of benzene rings is 6. The maximum atomic E-state index is 2.28. The minimum atomic E-state index is 1.20. The van der Waals surface area contributed by atoms with Crippen molar-refractivity contribution in [2.45, 2.75) is 0 Å². The van der Waals surface area contributed by atoms with Crippen molar-refractivity contribution >= 4 is 68.0 Å². The van der Waals surface area contributed by atoms with Gasteiger partial charge in [-0.25, -0.2) is 0 Å². The van der Waals surface area contributed by atoms with Gasteiger partial charge in [0.25, 0.3) is 0 Å². The summed E-state index contributed by atoms with van der Waals surface area (Å²) in [5, 5.41) is 7.69. The van der Waals surface area contributed by atoms with Gasteiger partial charge in [-0.2, -0.15) is 0 Å². The van der Waals surface area contributed by atoms with Crippen LogP contribution in [0.25, 0.3) is 56.6 Å². The van der Waals surface area contributed by atoms with E-state index in [1.807, 2.05) is 0 Å². The first kappa shape index (κ1) is 25.5. The molecule has 0 N–H and O–H groups in total. The SMILES string of the molecule is CN(C)c1ccc(C=Cc2ccc3c(ccc4c5ccc(C=Cc6ccc(N(C)C)cc6)cc5ccc34)c2)cc1. The normalized spacial score (nSPS) is 11.8. The average molecular weight is 519 g/mol. The van der Waals surface area contributed by atoms with Gasteiger partial charge in [-0.1, -0.05) is 97.1 Å². The van der Waals surface area contributed by atoms with Crippen LogP contribution in [0.5, 0.6) is 0 Å². The standard InChI is InChI=1S/C38H34N2/c1-39(2)33-17-9-27(10-18-33)5-7-29-13-21-35-31(25-29)15-23-38-36-22-14-30(26-32(36)16-24-37(35)38)8-6-28-11-19-34(20-12-28)40(3)4/h5-26H,1-4H3. The molecule has 6 aromatic rings. The quantitative estimate of drug-likeness (QED) is 0.160. The van der Waals surface area contributed by atoms with Crippen molar-refractivity contribution in [3.8, 4) is 0 Å². The molecule has 0 aliphatic rings. The van der Waals surface area contributed by atoms with Crippen molar-refractivity contribution < 1.29 is 0 Å². The zero-order valence-corrected chi connectivity index (χ0v) is 23.6. The highest BCUT2D eigenvalue weighted by Gasteiger charge is 2.06. The number of hydrogen-bond acceptors (Lipinski definition) is 2. The third kappa shape index (κ3) is 5.21. The van der Waals surface area contributed by atoms with E-state index in [0.717, 1.165) is 0 Å². The average Bonchev–Trinajstić information content (AvgIpc) is 2.98. The summed E-state index contributed by atoms with van der Waals surface area (Å²) < 4.78 is 0. The lowest BCUT2D eigenvalue weighted by molar-refractivity contribution is 1.13. The molecule has 0 fully saturated rings. The molecule has 0 aliphatic heterocycles. The molecule has 0 spiro atoms. The molecular weight excluding hydrogens is 484 g/mol. The summed E-state index contributed by atoms with van der Waals surface area (Å²) in [4.78, 5) is 4.24. The number of fused-ring (bicyclic) bond motifs is 5. The lowest BCUT2D eigenvalue weighted by atomic mass is 9.95. The summed E-state index contributed by atoms with van der Waals surface area (Å²) in [6.45, 7) is 0. The third-order valence-corrected chi connectivity index (χ3v) is 7.64. The maximum absolute atomic E-state index is 2.28. The van der Waals surface area contributed by atoms with Crippen LogP contribution in [0.4, 0.5) is 11.4 Å². The predicted molar refractivity (Wildman–Crippen MR) is 178 cm³/mol. The smallest absolute Gasteiger partial charge is 0.0361 e. The second kappa shape index (κ2) is 10.7. The summed E-state index contributed by atoms with van der Waals surface area (Å²) in [6, 6.07) is 39.8. The number of rotatable bonds is 6. The summed E-state index contributed by atoms with van der Waals surface area (Å²) in [5.41, 5.74) is 7.23. The van der Waals surface area contributed by atoms with Gasteiger partial charge in [0, 0.05) is 39.6 Å². The van der Waals surface area contributed by atoms with Gasteiger partial charge in [-0.15, -0.1) is 0 Å². The molecule has 0 aliphatic carbocycles. The van der Waals surface area contributed by atoms with Crippen LogP contribution in [0.1, 0.15) is 22.3 Å². The Morgan fingerprint density at radius 1 is 0.350 bits per heavy atom. The molecule has 0 saturated heterocycles. The second-order valence-corrected chi connectivity index (χ2v) is 10.8. The lowest BCUT2D eigenvalue weighted by Gasteiger charge is -2.11. The molecule has 0 amide bonds. The van der Waals surface area contributed by atoms with Gasteiger partial charge >= 0.3 is 0 Å². The van der Waals surface area contributed by atoms with Crippen LogP contribution in [-0.4, -0.2) is 28.2 Å². The van der Waals surface area contributed by atoms with Crippen molar-refractivity contribution in [3.63, 3.8) is 0 Å². The van der Waals surface area contributed by atoms with Crippen molar-refractivity contribution in [1.29, 1.82) is 0 Å². The van der Waals surface area contributed by atoms with E-state index in [2.05, 4.69) is 171 Å². The zero-order chi connectivity index (χ0) is 27.6. The Bertz CT molecular complexity index is 1730. The summed E-state index contributed by atoms with van der Waals surface area (Å²) in [5.74, 6) is 0. The fraction of sp³-hybridized carbons (Fsp3) is 0.105. The van der Waals surface area contributed by atoms with Crippen LogP contribution in [0.2, 0.25) is 0 Å². The first-order chi connectivity index (χ1) is 19.4. The fourth-order valence-corrected chi connectivity index (χ4v) is 5.28. The van der Waals surface area contributed by atoms with Crippen LogP contribution < -0.4 is 9.80 Å². The molecule has 0 atom stereocenters. The van der Waals surface area contributed by atoms with Gasteiger partial charge in [-0.3, -0.25) is 0 Å². The number of hydrogen-bond donors (Lipinski definition) is 0. The van der Waals surface area contributed by atoms with E-state index in [0.29, 0.717) is 0 Å². The molecule has 2 heteroatoms. The highest BCUT2D eigenvalue weighted by atomic mass is 15.1. The molecule has 6 rings (SSSR count). The van der Waals surface area contributed by atoms with Crippen molar-refractivity contribution in [2.75, 3.05) is 38.0 Å². The minimum Gasteiger partial charge on any atom is -0.378 e. The molecule has 196 valence electrons. The topological polar surface area (TPSA) is 6.48 Å². The summed E-state index contributed by atoms with van der Waals surface area (Å²) in [6.07, 6.45) is 8.75. The molecule has 40 heavy (non-hydrogen) atoms. The third-order valence-electron chi connectivity index (χ3n) is 7.64. The van der Waals surface area contributed by atoms with Gasteiger partial charge in [-0.05, 0) is 91.0 Å².